The maximum atomic E-state index is 11.9. The predicted octanol–water partition coefficient (Wildman–Crippen LogP) is -2.15. The van der Waals surface area contributed by atoms with Gasteiger partial charge in [-0.25, -0.2) is 0 Å². The lowest BCUT2D eigenvalue weighted by Crippen LogP contribution is -2.65. The topological polar surface area (TPSA) is 317 Å². The van der Waals surface area contributed by atoms with Crippen LogP contribution in [0, 0.1) is 52.3 Å². The highest BCUT2D eigenvalue weighted by atomic mass is 16.8. The molecule has 4 aliphatic heterocycles. The summed E-state index contributed by atoms with van der Waals surface area (Å²) in [4.78, 5) is 0. The van der Waals surface area contributed by atoms with Gasteiger partial charge in [0.05, 0.1) is 44.7 Å². The minimum Gasteiger partial charge on any atom is -0.394 e. The summed E-state index contributed by atoms with van der Waals surface area (Å²) in [6.07, 6.45) is -17.0. The lowest BCUT2D eigenvalue weighted by molar-refractivity contribution is -0.376. The van der Waals surface area contributed by atoms with Gasteiger partial charge in [0.2, 0.25) is 0 Å². The Kier molecular flexibility index (Phi) is 15.6. The van der Waals surface area contributed by atoms with E-state index in [-0.39, 0.29) is 47.2 Å². The lowest BCUT2D eigenvalue weighted by atomic mass is 9.44. The molecule has 8 fully saturated rings. The molecule has 4 saturated heterocycles. The van der Waals surface area contributed by atoms with Crippen LogP contribution in [-0.2, 0) is 37.9 Å². The zero-order valence-corrected chi connectivity index (χ0v) is 38.8. The van der Waals surface area contributed by atoms with Crippen molar-refractivity contribution >= 4 is 0 Å². The fourth-order valence-corrected chi connectivity index (χ4v) is 14.5. The summed E-state index contributed by atoms with van der Waals surface area (Å²) < 4.78 is 48.5. The van der Waals surface area contributed by atoms with Crippen molar-refractivity contribution < 1.29 is 99.2 Å². The highest BCUT2D eigenvalue weighted by Crippen LogP contribution is 2.71. The van der Waals surface area contributed by atoms with E-state index in [1.165, 1.54) is 0 Å². The molecule has 8 aliphatic rings. The zero-order valence-electron chi connectivity index (χ0n) is 38.8. The first-order valence-electron chi connectivity index (χ1n) is 24.3. The largest absolute Gasteiger partial charge is 0.394 e. The molecule has 28 unspecified atom stereocenters. The second kappa shape index (κ2) is 20.0. The molecule has 0 amide bonds. The van der Waals surface area contributed by atoms with Crippen molar-refractivity contribution in [1.29, 1.82) is 0 Å². The van der Waals surface area contributed by atoms with Gasteiger partial charge in [-0.15, -0.1) is 0 Å². The van der Waals surface area contributed by atoms with E-state index in [4.69, 9.17) is 37.9 Å². The summed E-state index contributed by atoms with van der Waals surface area (Å²) in [7, 11) is 1.71. The van der Waals surface area contributed by atoms with Crippen LogP contribution in [0.25, 0.3) is 0 Å². The Balaban J connectivity index is 0.896. The van der Waals surface area contributed by atoms with Gasteiger partial charge in [-0.05, 0) is 97.7 Å². The van der Waals surface area contributed by atoms with E-state index in [1.54, 1.807) is 7.11 Å². The SMILES string of the molecule is COC1(CCC(C)COC2OC(CO)C(O)C(O)C2O)OC2CC3C4CCC5CC(OC6OC(CO)C(O)C(O)C6OC6OC(CO)C(O)C(O)C6O)C(O)CC5(C)C4CCC3(C)C2C1C. The molecule has 382 valence electrons. The van der Waals surface area contributed by atoms with E-state index < -0.39 is 130 Å². The van der Waals surface area contributed by atoms with Gasteiger partial charge in [-0.1, -0.05) is 27.7 Å². The predicted molar refractivity (Wildman–Crippen MR) is 225 cm³/mol. The van der Waals surface area contributed by atoms with Crippen LogP contribution >= 0.6 is 0 Å². The maximum absolute atomic E-state index is 11.9. The molecule has 0 aromatic rings. The number of hydrogen-bond acceptors (Lipinski definition) is 20. The van der Waals surface area contributed by atoms with Gasteiger partial charge < -0.3 is 99.2 Å². The number of methoxy groups -OCH3 is 1. The first-order valence-corrected chi connectivity index (χ1v) is 24.3. The quantitative estimate of drug-likeness (QED) is 0.0826. The molecule has 20 heteroatoms. The van der Waals surface area contributed by atoms with Crippen LogP contribution in [0.1, 0.15) is 85.5 Å². The van der Waals surface area contributed by atoms with Gasteiger partial charge in [0, 0.05) is 19.4 Å². The molecule has 0 radical (unpaired) electrons. The molecular weight excluding hydrogens is 872 g/mol. The molecule has 4 aliphatic carbocycles. The van der Waals surface area contributed by atoms with E-state index >= 15 is 0 Å². The average Bonchev–Trinajstić information content (AvgIpc) is 3.76. The molecule has 0 bridgehead atoms. The van der Waals surface area contributed by atoms with Crippen LogP contribution in [0.4, 0.5) is 0 Å². The maximum Gasteiger partial charge on any atom is 0.187 e. The molecule has 66 heavy (non-hydrogen) atoms. The molecule has 4 heterocycles. The van der Waals surface area contributed by atoms with Crippen LogP contribution in [0.5, 0.6) is 0 Å². The third kappa shape index (κ3) is 8.85. The highest BCUT2D eigenvalue weighted by Gasteiger charge is 2.69. The molecule has 0 aromatic carbocycles. The Morgan fingerprint density at radius 1 is 0.652 bits per heavy atom. The van der Waals surface area contributed by atoms with Crippen LogP contribution < -0.4 is 0 Å². The minimum absolute atomic E-state index is 0.00426. The lowest BCUT2D eigenvalue weighted by Gasteiger charge is -2.62. The Labute approximate surface area is 386 Å². The molecule has 0 spiro atoms. The number of aliphatic hydroxyl groups excluding tert-OH is 12. The Bertz CT molecular complexity index is 1610. The van der Waals surface area contributed by atoms with E-state index in [9.17, 15) is 61.3 Å². The third-order valence-electron chi connectivity index (χ3n) is 18.3. The Morgan fingerprint density at radius 2 is 1.24 bits per heavy atom. The Hall–Kier alpha value is -0.800. The molecule has 4 saturated carbocycles. The van der Waals surface area contributed by atoms with Crippen molar-refractivity contribution in [2.24, 2.45) is 52.3 Å². The van der Waals surface area contributed by atoms with Gasteiger partial charge in [0.15, 0.2) is 24.7 Å². The standard InChI is InChI=1S/C46H78O20/c1-19(18-60-41-38(57)35(54)32(51)28(15-47)62-41)8-11-46(59-5)20(2)31-27(66-46)13-24-22-7-6-21-12-26(25(50)14-45(21,4)23(22)9-10-44(24,31)3)61-43-40(37(56)34(53)30(17-49)64-43)65-42-39(58)36(55)33(52)29(16-48)63-42/h19-43,47-58H,6-18H2,1-5H3. The van der Waals surface area contributed by atoms with Gasteiger partial charge in [0.1, 0.15) is 73.2 Å². The van der Waals surface area contributed by atoms with E-state index in [0.717, 1.165) is 32.1 Å². The van der Waals surface area contributed by atoms with E-state index in [1.807, 2.05) is 6.92 Å². The average molecular weight is 951 g/mol. The van der Waals surface area contributed by atoms with Crippen LogP contribution in [0.2, 0.25) is 0 Å². The van der Waals surface area contributed by atoms with Crippen molar-refractivity contribution in [3.05, 3.63) is 0 Å². The molecular formula is C46H78O20. The van der Waals surface area contributed by atoms with Crippen molar-refractivity contribution in [3.63, 3.8) is 0 Å². The van der Waals surface area contributed by atoms with Gasteiger partial charge in [0.25, 0.3) is 0 Å². The smallest absolute Gasteiger partial charge is 0.187 e. The fourth-order valence-electron chi connectivity index (χ4n) is 14.5. The fraction of sp³-hybridized carbons (Fsp3) is 1.00. The minimum atomic E-state index is -1.80. The zero-order chi connectivity index (χ0) is 47.8. The van der Waals surface area contributed by atoms with Gasteiger partial charge >= 0.3 is 0 Å². The summed E-state index contributed by atoms with van der Waals surface area (Å²) in [5.74, 6) is 0.942. The highest BCUT2D eigenvalue weighted by molar-refractivity contribution is 5.16. The van der Waals surface area contributed by atoms with Crippen LogP contribution in [0.3, 0.4) is 0 Å². The summed E-state index contributed by atoms with van der Waals surface area (Å²) in [5, 5.41) is 125. The van der Waals surface area contributed by atoms with Crippen molar-refractivity contribution in [2.75, 3.05) is 33.5 Å². The first-order chi connectivity index (χ1) is 31.3. The number of hydrogen-bond donors (Lipinski definition) is 12. The number of aliphatic hydroxyl groups is 12. The Morgan fingerprint density at radius 3 is 1.86 bits per heavy atom. The van der Waals surface area contributed by atoms with Gasteiger partial charge in [-0.3, -0.25) is 0 Å². The number of rotatable bonds is 14. The van der Waals surface area contributed by atoms with E-state index in [0.29, 0.717) is 43.4 Å². The molecule has 28 atom stereocenters. The van der Waals surface area contributed by atoms with Crippen molar-refractivity contribution in [2.45, 2.75) is 202 Å². The first kappa shape index (κ1) is 51.6. The summed E-state index contributed by atoms with van der Waals surface area (Å²) in [5.41, 5.74) is -0.199. The van der Waals surface area contributed by atoms with Crippen LogP contribution in [-0.4, -0.2) is 211 Å². The molecule has 12 N–H and O–H groups in total. The van der Waals surface area contributed by atoms with Crippen molar-refractivity contribution in [3.8, 4) is 0 Å². The molecule has 20 nitrogen and oxygen atoms in total. The molecule has 0 aromatic heterocycles. The third-order valence-corrected chi connectivity index (χ3v) is 18.3. The second-order valence-electron chi connectivity index (χ2n) is 21.8. The number of fused-ring (bicyclic) bond motifs is 7. The summed E-state index contributed by atoms with van der Waals surface area (Å²) >= 11 is 0. The van der Waals surface area contributed by atoms with Crippen molar-refractivity contribution in [1.82, 2.24) is 0 Å². The van der Waals surface area contributed by atoms with Gasteiger partial charge in [-0.2, -0.15) is 0 Å². The second-order valence-corrected chi connectivity index (χ2v) is 21.8. The van der Waals surface area contributed by atoms with E-state index in [2.05, 4.69) is 20.8 Å². The molecule has 8 rings (SSSR count). The monoisotopic (exact) mass is 951 g/mol. The summed E-state index contributed by atoms with van der Waals surface area (Å²) in [6.45, 7) is 7.32. The van der Waals surface area contributed by atoms with Crippen LogP contribution in [0.15, 0.2) is 0 Å². The number of ether oxygens (including phenoxy) is 8. The normalized spacial score (nSPS) is 55.4. The summed E-state index contributed by atoms with van der Waals surface area (Å²) in [6, 6.07) is 0.